The highest BCUT2D eigenvalue weighted by atomic mass is 19.4. The maximum atomic E-state index is 12.6. The van der Waals surface area contributed by atoms with Crippen LogP contribution in [-0.4, -0.2) is 51.1 Å². The van der Waals surface area contributed by atoms with Crippen molar-refractivity contribution in [3.05, 3.63) is 48.4 Å². The molecule has 1 aliphatic heterocycles. The lowest BCUT2D eigenvalue weighted by molar-refractivity contribution is -0.274. The van der Waals surface area contributed by atoms with Crippen LogP contribution in [0.3, 0.4) is 0 Å². The van der Waals surface area contributed by atoms with Gasteiger partial charge in [-0.1, -0.05) is 12.1 Å². The average Bonchev–Trinajstić information content (AvgIpc) is 3.34. The fraction of sp³-hybridized carbons (Fsp3) is 0.333. The summed E-state index contributed by atoms with van der Waals surface area (Å²) in [6.07, 6.45) is -0.260. The minimum absolute atomic E-state index is 0.0116. The molecule has 0 N–H and O–H groups in total. The number of aromatic nitrogens is 4. The van der Waals surface area contributed by atoms with E-state index in [0.29, 0.717) is 5.78 Å². The van der Waals surface area contributed by atoms with Crippen LogP contribution < -0.4 is 9.64 Å². The number of fused-ring (bicyclic) bond motifs is 1. The number of benzene rings is 1. The summed E-state index contributed by atoms with van der Waals surface area (Å²) >= 11 is 0. The first kappa shape index (κ1) is 19.0. The van der Waals surface area contributed by atoms with E-state index in [9.17, 15) is 18.0 Å². The monoisotopic (exact) mass is 407 g/mol. The molecule has 2 aromatic heterocycles. The van der Waals surface area contributed by atoms with Crippen molar-refractivity contribution >= 4 is 17.6 Å². The molecule has 0 bridgehead atoms. The summed E-state index contributed by atoms with van der Waals surface area (Å²) in [7, 11) is 0. The molecular formula is C18H16F3N5O3. The van der Waals surface area contributed by atoms with Gasteiger partial charge in [-0.15, -0.1) is 13.2 Å². The summed E-state index contributed by atoms with van der Waals surface area (Å²) in [6.45, 7) is 0.729. The van der Waals surface area contributed by atoms with Crippen molar-refractivity contribution in [2.24, 2.45) is 0 Å². The van der Waals surface area contributed by atoms with Crippen LogP contribution in [0.4, 0.5) is 19.0 Å². The Balaban J connectivity index is 1.48. The van der Waals surface area contributed by atoms with Gasteiger partial charge < -0.3 is 14.4 Å². The summed E-state index contributed by atoms with van der Waals surface area (Å²) in [5.74, 6) is -0.265. The second kappa shape index (κ2) is 7.57. The third-order valence-corrected chi connectivity index (χ3v) is 4.57. The van der Waals surface area contributed by atoms with E-state index >= 15 is 0 Å². The number of hydrogen-bond donors (Lipinski definition) is 0. The van der Waals surface area contributed by atoms with E-state index in [1.807, 2.05) is 4.90 Å². The standard InChI is InChI=1S/C18H16F3N5O3/c19-18(20,21)29-14-6-2-1-5-13(14)16(27)28-10-12-4-3-9-25(12)15-7-8-22-17-23-11-24-26(15)17/h1-2,5-8,11-12H,3-4,9-10H2. The second-order valence-electron chi connectivity index (χ2n) is 6.41. The number of carbonyl (C=O) groups is 1. The molecule has 4 rings (SSSR count). The van der Waals surface area contributed by atoms with Gasteiger partial charge in [-0.2, -0.15) is 14.6 Å². The van der Waals surface area contributed by atoms with Crippen molar-refractivity contribution in [2.45, 2.75) is 25.2 Å². The van der Waals surface area contributed by atoms with E-state index < -0.39 is 18.1 Å². The summed E-state index contributed by atoms with van der Waals surface area (Å²) in [4.78, 5) is 22.6. The van der Waals surface area contributed by atoms with Gasteiger partial charge in [-0.05, 0) is 31.0 Å². The van der Waals surface area contributed by atoms with Crippen molar-refractivity contribution in [3.8, 4) is 5.75 Å². The molecular weight excluding hydrogens is 391 g/mol. The molecule has 1 aromatic carbocycles. The molecule has 1 aliphatic rings. The number of esters is 1. The Hall–Kier alpha value is -3.37. The lowest BCUT2D eigenvalue weighted by Gasteiger charge is -2.26. The molecule has 1 fully saturated rings. The van der Waals surface area contributed by atoms with E-state index in [-0.39, 0.29) is 18.2 Å². The Labute approximate surface area is 162 Å². The molecule has 0 spiro atoms. The van der Waals surface area contributed by atoms with E-state index in [4.69, 9.17) is 4.74 Å². The zero-order valence-electron chi connectivity index (χ0n) is 15.0. The van der Waals surface area contributed by atoms with E-state index in [1.54, 1.807) is 16.8 Å². The van der Waals surface area contributed by atoms with Crippen molar-refractivity contribution in [2.75, 3.05) is 18.1 Å². The molecule has 0 amide bonds. The largest absolute Gasteiger partial charge is 0.573 e. The third-order valence-electron chi connectivity index (χ3n) is 4.57. The molecule has 0 radical (unpaired) electrons. The number of para-hydroxylation sites is 1. The highest BCUT2D eigenvalue weighted by Gasteiger charge is 2.33. The molecule has 3 heterocycles. The van der Waals surface area contributed by atoms with Gasteiger partial charge in [0.1, 0.15) is 30.1 Å². The van der Waals surface area contributed by atoms with Crippen LogP contribution >= 0.6 is 0 Å². The van der Waals surface area contributed by atoms with Gasteiger partial charge in [-0.3, -0.25) is 0 Å². The first-order chi connectivity index (χ1) is 13.9. The second-order valence-corrected chi connectivity index (χ2v) is 6.41. The van der Waals surface area contributed by atoms with Crippen LogP contribution in [0.15, 0.2) is 42.9 Å². The van der Waals surface area contributed by atoms with Gasteiger partial charge in [0.25, 0.3) is 5.78 Å². The Bertz CT molecular complexity index is 1020. The Kier molecular flexibility index (Phi) is 4.95. The number of nitrogens with zero attached hydrogens (tertiary/aromatic N) is 5. The predicted octanol–water partition coefficient (Wildman–Crippen LogP) is 2.85. The van der Waals surface area contributed by atoms with Crippen molar-refractivity contribution in [3.63, 3.8) is 0 Å². The molecule has 8 nitrogen and oxygen atoms in total. The Morgan fingerprint density at radius 2 is 2.03 bits per heavy atom. The van der Waals surface area contributed by atoms with Gasteiger partial charge in [0, 0.05) is 12.7 Å². The minimum Gasteiger partial charge on any atom is -0.460 e. The van der Waals surface area contributed by atoms with Gasteiger partial charge in [0.05, 0.1) is 6.04 Å². The highest BCUT2D eigenvalue weighted by molar-refractivity contribution is 5.92. The number of ether oxygens (including phenoxy) is 2. The number of carbonyl (C=O) groups excluding carboxylic acids is 1. The minimum atomic E-state index is -4.90. The summed E-state index contributed by atoms with van der Waals surface area (Å²) in [5.41, 5.74) is -0.281. The molecule has 0 aliphatic carbocycles. The van der Waals surface area contributed by atoms with Crippen LogP contribution in [0.5, 0.6) is 5.75 Å². The molecule has 3 aromatic rings. The molecule has 0 saturated carbocycles. The maximum absolute atomic E-state index is 12.6. The maximum Gasteiger partial charge on any atom is 0.573 e. The molecule has 152 valence electrons. The van der Waals surface area contributed by atoms with Crippen LogP contribution in [0, 0.1) is 0 Å². The number of anilines is 1. The quantitative estimate of drug-likeness (QED) is 0.602. The first-order valence-electron chi connectivity index (χ1n) is 8.86. The molecule has 1 unspecified atom stereocenters. The number of rotatable bonds is 5. The Morgan fingerprint density at radius 3 is 2.86 bits per heavy atom. The number of alkyl halides is 3. The van der Waals surface area contributed by atoms with E-state index in [0.717, 1.165) is 31.3 Å². The molecule has 29 heavy (non-hydrogen) atoms. The van der Waals surface area contributed by atoms with E-state index in [2.05, 4.69) is 19.8 Å². The summed E-state index contributed by atoms with van der Waals surface area (Å²) < 4.78 is 48.5. The van der Waals surface area contributed by atoms with Crippen LogP contribution in [-0.2, 0) is 4.74 Å². The van der Waals surface area contributed by atoms with E-state index in [1.165, 1.54) is 24.5 Å². The number of hydrogen-bond acceptors (Lipinski definition) is 7. The lowest BCUT2D eigenvalue weighted by Crippen LogP contribution is -2.35. The van der Waals surface area contributed by atoms with Crippen molar-refractivity contribution in [1.82, 2.24) is 19.6 Å². The summed E-state index contributed by atoms with van der Waals surface area (Å²) in [5, 5.41) is 4.16. The van der Waals surface area contributed by atoms with Gasteiger partial charge >= 0.3 is 12.3 Å². The van der Waals surface area contributed by atoms with Crippen LogP contribution in [0.2, 0.25) is 0 Å². The van der Waals surface area contributed by atoms with Crippen molar-refractivity contribution in [1.29, 1.82) is 0 Å². The van der Waals surface area contributed by atoms with Gasteiger partial charge in [0.15, 0.2) is 0 Å². The molecule has 1 saturated heterocycles. The van der Waals surface area contributed by atoms with Crippen LogP contribution in [0.1, 0.15) is 23.2 Å². The smallest absolute Gasteiger partial charge is 0.460 e. The topological polar surface area (TPSA) is 81.9 Å². The van der Waals surface area contributed by atoms with Crippen LogP contribution in [0.25, 0.3) is 5.78 Å². The Morgan fingerprint density at radius 1 is 1.21 bits per heavy atom. The fourth-order valence-corrected chi connectivity index (χ4v) is 3.35. The third kappa shape index (κ3) is 4.08. The molecule has 1 atom stereocenters. The zero-order chi connectivity index (χ0) is 20.4. The van der Waals surface area contributed by atoms with Gasteiger partial charge in [-0.25, -0.2) is 9.78 Å². The predicted molar refractivity (Wildman–Crippen MR) is 94.6 cm³/mol. The normalized spacial score (nSPS) is 16.9. The average molecular weight is 407 g/mol. The van der Waals surface area contributed by atoms with Crippen molar-refractivity contribution < 1.29 is 27.4 Å². The number of halogens is 3. The highest BCUT2D eigenvalue weighted by Crippen LogP contribution is 2.28. The fourth-order valence-electron chi connectivity index (χ4n) is 3.35. The molecule has 11 heteroatoms. The summed E-state index contributed by atoms with van der Waals surface area (Å²) in [6, 6.07) is 6.74. The zero-order valence-corrected chi connectivity index (χ0v) is 15.0. The SMILES string of the molecule is O=C(OCC1CCCN1c1ccnc2ncnn12)c1ccccc1OC(F)(F)F. The lowest BCUT2D eigenvalue weighted by atomic mass is 10.2. The first-order valence-corrected chi connectivity index (χ1v) is 8.86. The van der Waals surface area contributed by atoms with Gasteiger partial charge in [0.2, 0.25) is 0 Å².